The molecule has 0 aliphatic heterocycles. The molecule has 2 aromatic rings. The van der Waals surface area contributed by atoms with Gasteiger partial charge >= 0.3 is 5.97 Å². The average Bonchev–Trinajstić information content (AvgIpc) is 2.59. The Morgan fingerprint density at radius 2 is 1.94 bits per heavy atom. The Hall–Kier alpha value is -0.920. The number of hydrogen-bond donors (Lipinski definition) is 1. The van der Waals surface area contributed by atoms with Crippen molar-refractivity contribution in [3.63, 3.8) is 0 Å². The van der Waals surface area contributed by atoms with Crippen molar-refractivity contribution in [3.05, 3.63) is 37.5 Å². The Morgan fingerprint density at radius 3 is 2.39 bits per heavy atom. The summed E-state index contributed by atoms with van der Waals surface area (Å²) >= 11 is 12.6. The van der Waals surface area contributed by atoms with Crippen molar-refractivity contribution in [1.29, 1.82) is 0 Å². The van der Waals surface area contributed by atoms with Gasteiger partial charge < -0.3 is 5.11 Å². The maximum Gasteiger partial charge on any atom is 0.358 e. The van der Waals surface area contributed by atoms with Crippen LogP contribution >= 0.6 is 43.5 Å². The summed E-state index contributed by atoms with van der Waals surface area (Å²) in [6, 6.07) is 3.40. The maximum absolute atomic E-state index is 10.9. The molecule has 0 fully saturated rings. The molecule has 0 amide bonds. The van der Waals surface area contributed by atoms with Crippen LogP contribution in [0.1, 0.15) is 16.2 Å². The highest BCUT2D eigenvalue weighted by molar-refractivity contribution is 9.11. The van der Waals surface area contributed by atoms with E-state index in [-0.39, 0.29) is 5.69 Å². The monoisotopic (exact) mass is 393 g/mol. The fourth-order valence-electron chi connectivity index (χ4n) is 1.48. The molecule has 5 nitrogen and oxygen atoms in total. The molecule has 0 saturated heterocycles. The van der Waals surface area contributed by atoms with Crippen LogP contribution in [0.2, 0.25) is 5.02 Å². The van der Waals surface area contributed by atoms with Gasteiger partial charge in [0.25, 0.3) is 0 Å². The molecule has 0 bridgehead atoms. The highest BCUT2D eigenvalue weighted by Gasteiger charge is 2.19. The number of carboxylic acids is 1. The van der Waals surface area contributed by atoms with E-state index in [4.69, 9.17) is 16.7 Å². The van der Waals surface area contributed by atoms with Gasteiger partial charge in [-0.2, -0.15) is 0 Å². The van der Waals surface area contributed by atoms with Gasteiger partial charge in [0.05, 0.1) is 11.4 Å². The Kier molecular flexibility index (Phi) is 3.74. The molecule has 1 aromatic carbocycles. The lowest BCUT2D eigenvalue weighted by Gasteiger charge is -2.09. The first-order valence-corrected chi connectivity index (χ1v) is 6.68. The van der Waals surface area contributed by atoms with Gasteiger partial charge in [0.1, 0.15) is 0 Å². The first kappa shape index (κ1) is 13.5. The Labute approximate surface area is 124 Å². The first-order chi connectivity index (χ1) is 8.41. The highest BCUT2D eigenvalue weighted by Crippen LogP contribution is 2.33. The normalized spacial score (nSPS) is 10.7. The van der Waals surface area contributed by atoms with Crippen LogP contribution in [0.25, 0.3) is 5.69 Å². The summed E-state index contributed by atoms with van der Waals surface area (Å²) in [5.41, 5.74) is 1.01. The number of nitrogens with zero attached hydrogens (tertiary/aromatic N) is 3. The number of aromatic carboxylic acids is 1. The number of benzene rings is 1. The molecule has 0 aliphatic carbocycles. The fraction of sp³-hybridized carbons (Fsp3) is 0.100. The average molecular weight is 395 g/mol. The number of carboxylic acid groups (broad SMARTS) is 1. The molecule has 94 valence electrons. The van der Waals surface area contributed by atoms with Crippen molar-refractivity contribution in [2.24, 2.45) is 0 Å². The Balaban J connectivity index is 2.67. The third-order valence-electron chi connectivity index (χ3n) is 2.29. The zero-order chi connectivity index (χ0) is 13.4. The van der Waals surface area contributed by atoms with Crippen LogP contribution in [0, 0.1) is 6.92 Å². The molecule has 0 aliphatic rings. The van der Waals surface area contributed by atoms with Crippen LogP contribution in [-0.4, -0.2) is 26.1 Å². The van der Waals surface area contributed by atoms with E-state index in [1.807, 2.05) is 0 Å². The second-order valence-corrected chi connectivity index (χ2v) is 5.60. The zero-order valence-electron chi connectivity index (χ0n) is 8.99. The molecule has 18 heavy (non-hydrogen) atoms. The Morgan fingerprint density at radius 1 is 1.39 bits per heavy atom. The lowest BCUT2D eigenvalue weighted by Crippen LogP contribution is -2.04. The molecular formula is C10H6Br2ClN3O2. The maximum atomic E-state index is 10.9. The van der Waals surface area contributed by atoms with E-state index in [0.717, 1.165) is 0 Å². The second-order valence-electron chi connectivity index (χ2n) is 3.46. The topological polar surface area (TPSA) is 68.0 Å². The predicted molar refractivity (Wildman–Crippen MR) is 73.5 cm³/mol. The van der Waals surface area contributed by atoms with Gasteiger partial charge in [0.15, 0.2) is 5.69 Å². The second kappa shape index (κ2) is 4.99. The van der Waals surface area contributed by atoms with Crippen molar-refractivity contribution < 1.29 is 9.90 Å². The van der Waals surface area contributed by atoms with Gasteiger partial charge in [-0.3, -0.25) is 0 Å². The van der Waals surface area contributed by atoms with E-state index < -0.39 is 5.97 Å². The molecular weight excluding hydrogens is 389 g/mol. The van der Waals surface area contributed by atoms with Crippen LogP contribution < -0.4 is 0 Å². The van der Waals surface area contributed by atoms with Gasteiger partial charge in [-0.1, -0.05) is 16.8 Å². The van der Waals surface area contributed by atoms with E-state index in [2.05, 4.69) is 42.2 Å². The van der Waals surface area contributed by atoms with Gasteiger partial charge in [-0.25, -0.2) is 9.48 Å². The van der Waals surface area contributed by atoms with Crippen molar-refractivity contribution in [1.82, 2.24) is 15.0 Å². The summed E-state index contributed by atoms with van der Waals surface area (Å²) in [5, 5.41) is 17.0. The van der Waals surface area contributed by atoms with Crippen molar-refractivity contribution in [2.75, 3.05) is 0 Å². The van der Waals surface area contributed by atoms with Crippen molar-refractivity contribution in [3.8, 4) is 5.69 Å². The summed E-state index contributed by atoms with van der Waals surface area (Å²) in [6.07, 6.45) is 0. The number of aromatic nitrogens is 3. The fourth-order valence-corrected chi connectivity index (χ4v) is 3.48. The van der Waals surface area contributed by atoms with E-state index in [9.17, 15) is 4.79 Å². The molecule has 1 N–H and O–H groups in total. The summed E-state index contributed by atoms with van der Waals surface area (Å²) in [7, 11) is 0. The van der Waals surface area contributed by atoms with Gasteiger partial charge in [-0.15, -0.1) is 5.10 Å². The minimum atomic E-state index is -1.11. The van der Waals surface area contributed by atoms with Gasteiger partial charge in [0, 0.05) is 14.0 Å². The van der Waals surface area contributed by atoms with E-state index in [1.54, 1.807) is 19.1 Å². The first-order valence-electron chi connectivity index (χ1n) is 4.72. The number of halogens is 3. The molecule has 2 rings (SSSR count). The number of rotatable bonds is 2. The van der Waals surface area contributed by atoms with Crippen LogP contribution in [0.3, 0.4) is 0 Å². The molecule has 0 spiro atoms. The lowest BCUT2D eigenvalue weighted by atomic mass is 10.3. The summed E-state index contributed by atoms with van der Waals surface area (Å²) in [6.45, 7) is 1.64. The van der Waals surface area contributed by atoms with E-state index in [1.165, 1.54) is 4.68 Å². The highest BCUT2D eigenvalue weighted by atomic mass is 79.9. The van der Waals surface area contributed by atoms with E-state index in [0.29, 0.717) is 25.3 Å². The predicted octanol–water partition coefficient (Wildman–Crippen LogP) is 3.45. The molecule has 0 radical (unpaired) electrons. The molecule has 1 aromatic heterocycles. The third-order valence-corrected chi connectivity index (χ3v) is 3.72. The lowest BCUT2D eigenvalue weighted by molar-refractivity contribution is 0.0689. The summed E-state index contributed by atoms with van der Waals surface area (Å²) in [5.74, 6) is -1.11. The smallest absolute Gasteiger partial charge is 0.358 e. The zero-order valence-corrected chi connectivity index (χ0v) is 12.9. The Bertz CT molecular complexity index is 619. The summed E-state index contributed by atoms with van der Waals surface area (Å²) in [4.78, 5) is 10.9. The molecule has 1 heterocycles. The molecule has 0 atom stereocenters. The van der Waals surface area contributed by atoms with Crippen LogP contribution in [-0.2, 0) is 0 Å². The quantitative estimate of drug-likeness (QED) is 0.846. The minimum Gasteiger partial charge on any atom is -0.476 e. The van der Waals surface area contributed by atoms with Crippen LogP contribution in [0.15, 0.2) is 21.1 Å². The number of carbonyl (C=O) groups is 1. The van der Waals surface area contributed by atoms with Gasteiger partial charge in [-0.05, 0) is 50.9 Å². The van der Waals surface area contributed by atoms with Crippen LogP contribution in [0.4, 0.5) is 0 Å². The van der Waals surface area contributed by atoms with Crippen molar-refractivity contribution in [2.45, 2.75) is 6.92 Å². The molecule has 0 unspecified atom stereocenters. The van der Waals surface area contributed by atoms with Crippen molar-refractivity contribution >= 4 is 49.4 Å². The van der Waals surface area contributed by atoms with Crippen LogP contribution in [0.5, 0.6) is 0 Å². The molecule has 8 heteroatoms. The van der Waals surface area contributed by atoms with Gasteiger partial charge in [0.2, 0.25) is 0 Å². The number of hydrogen-bond acceptors (Lipinski definition) is 3. The largest absolute Gasteiger partial charge is 0.476 e. The van der Waals surface area contributed by atoms with E-state index >= 15 is 0 Å². The summed E-state index contributed by atoms with van der Waals surface area (Å²) < 4.78 is 2.81. The minimum absolute atomic E-state index is 0.0799. The molecule has 0 saturated carbocycles. The third kappa shape index (κ3) is 2.30. The SMILES string of the molecule is Cc1c(C(=O)O)nnn1-c1c(Br)cc(Cl)cc1Br. The standard InChI is InChI=1S/C10H6Br2ClN3O2/c1-4-8(10(17)18)14-15-16(4)9-6(11)2-5(13)3-7(9)12/h2-3H,1H3,(H,17,18).